The van der Waals surface area contributed by atoms with Gasteiger partial charge in [-0.3, -0.25) is 14.6 Å². The first kappa shape index (κ1) is 28.5. The zero-order chi connectivity index (χ0) is 27.9. The van der Waals surface area contributed by atoms with Gasteiger partial charge in [0.05, 0.1) is 35.8 Å². The van der Waals surface area contributed by atoms with Crippen LogP contribution in [0.2, 0.25) is 0 Å². The molecule has 0 spiro atoms. The van der Waals surface area contributed by atoms with E-state index in [0.29, 0.717) is 17.8 Å². The van der Waals surface area contributed by atoms with Gasteiger partial charge in [-0.2, -0.15) is 5.10 Å². The molecule has 0 aliphatic rings. The minimum Gasteiger partial charge on any atom is -0.460 e. The molecule has 1 amide bonds. The Morgan fingerprint density at radius 3 is 2.61 bits per heavy atom. The lowest BCUT2D eigenvalue weighted by atomic mass is 9.93. The van der Waals surface area contributed by atoms with Gasteiger partial charge in [0.2, 0.25) is 0 Å². The molecule has 0 fully saturated rings. The third-order valence-electron chi connectivity index (χ3n) is 5.78. The first-order valence-electron chi connectivity index (χ1n) is 12.7. The van der Waals surface area contributed by atoms with E-state index in [9.17, 15) is 9.59 Å². The molecule has 3 aromatic heterocycles. The van der Waals surface area contributed by atoms with Crippen LogP contribution < -0.4 is 16.4 Å². The van der Waals surface area contributed by atoms with Crippen LogP contribution in [0.25, 0.3) is 5.69 Å². The van der Waals surface area contributed by atoms with E-state index in [0.717, 1.165) is 18.9 Å². The number of anilines is 3. The summed E-state index contributed by atoms with van der Waals surface area (Å²) in [5.41, 5.74) is 6.01. The maximum absolute atomic E-state index is 15.1. The number of esters is 1. The average Bonchev–Trinajstić information content (AvgIpc) is 3.37. The van der Waals surface area contributed by atoms with Gasteiger partial charge in [0.25, 0.3) is 5.91 Å². The number of nitrogens with zero attached hydrogens (tertiary/aromatic N) is 4. The molecule has 0 aromatic carbocycles. The van der Waals surface area contributed by atoms with Crippen molar-refractivity contribution in [3.05, 3.63) is 54.4 Å². The number of halogens is 1. The quantitative estimate of drug-likeness (QED) is 0.282. The fraction of sp³-hybridized carbons (Fsp3) is 0.444. The molecular formula is C27H36FN7O3. The van der Waals surface area contributed by atoms with Crippen molar-refractivity contribution in [3.8, 4) is 5.69 Å². The first-order chi connectivity index (χ1) is 18.0. The molecule has 11 heteroatoms. The molecule has 3 heterocycles. The first-order valence-corrected chi connectivity index (χ1v) is 12.7. The van der Waals surface area contributed by atoms with Gasteiger partial charge >= 0.3 is 5.97 Å². The number of carbonyl (C=O) groups is 2. The van der Waals surface area contributed by atoms with E-state index >= 15 is 4.39 Å². The van der Waals surface area contributed by atoms with Gasteiger partial charge in [-0.1, -0.05) is 26.7 Å². The van der Waals surface area contributed by atoms with Gasteiger partial charge in [-0.05, 0) is 51.3 Å². The second kappa shape index (κ2) is 12.5. The molecule has 38 heavy (non-hydrogen) atoms. The third kappa shape index (κ3) is 7.99. The monoisotopic (exact) mass is 525 g/mol. The zero-order valence-electron chi connectivity index (χ0n) is 22.5. The van der Waals surface area contributed by atoms with E-state index in [1.807, 2.05) is 27.7 Å². The number of nitrogens with one attached hydrogen (secondary N) is 2. The second-order valence-corrected chi connectivity index (χ2v) is 10.2. The number of aromatic nitrogens is 4. The SMILES string of the molecule is CCCC[C@@H](Nc1nc(Nc2cncc(-n3cccn3)c2)c(C(N)=O)cc1F)[C@H](C)CC(=O)OC(C)(C)C. The summed E-state index contributed by atoms with van der Waals surface area (Å²) in [4.78, 5) is 33.1. The molecule has 4 N–H and O–H groups in total. The Kier molecular flexibility index (Phi) is 9.38. The maximum Gasteiger partial charge on any atom is 0.306 e. The van der Waals surface area contributed by atoms with Crippen molar-refractivity contribution in [1.29, 1.82) is 0 Å². The van der Waals surface area contributed by atoms with Crippen LogP contribution in [0.4, 0.5) is 21.7 Å². The number of nitrogens with two attached hydrogens (primary N) is 1. The Balaban J connectivity index is 1.88. The highest BCUT2D eigenvalue weighted by molar-refractivity contribution is 5.98. The van der Waals surface area contributed by atoms with E-state index in [1.165, 1.54) is 0 Å². The van der Waals surface area contributed by atoms with E-state index in [-0.39, 0.29) is 41.5 Å². The lowest BCUT2D eigenvalue weighted by Crippen LogP contribution is -2.32. The number of rotatable bonds is 12. The highest BCUT2D eigenvalue weighted by Crippen LogP contribution is 2.27. The summed E-state index contributed by atoms with van der Waals surface area (Å²) < 4.78 is 22.2. The number of ether oxygens (including phenoxy) is 1. The van der Waals surface area contributed by atoms with Crippen molar-refractivity contribution >= 4 is 29.2 Å². The smallest absolute Gasteiger partial charge is 0.306 e. The Morgan fingerprint density at radius 2 is 1.97 bits per heavy atom. The summed E-state index contributed by atoms with van der Waals surface area (Å²) in [6.45, 7) is 9.42. The summed E-state index contributed by atoms with van der Waals surface area (Å²) in [5, 5.41) is 10.4. The fourth-order valence-electron chi connectivity index (χ4n) is 3.94. The number of amides is 1. The summed E-state index contributed by atoms with van der Waals surface area (Å²) in [6, 6.07) is 4.33. The Hall–Kier alpha value is -4.02. The third-order valence-corrected chi connectivity index (χ3v) is 5.78. The Labute approximate surface area is 222 Å². The maximum atomic E-state index is 15.1. The van der Waals surface area contributed by atoms with Crippen LogP contribution in [-0.4, -0.2) is 43.3 Å². The van der Waals surface area contributed by atoms with E-state index in [4.69, 9.17) is 10.5 Å². The van der Waals surface area contributed by atoms with Crippen LogP contribution >= 0.6 is 0 Å². The van der Waals surface area contributed by atoms with Crippen LogP contribution in [0.15, 0.2) is 43.0 Å². The van der Waals surface area contributed by atoms with Gasteiger partial charge in [0.1, 0.15) is 11.4 Å². The number of primary amides is 1. The summed E-state index contributed by atoms with van der Waals surface area (Å²) in [6.07, 6.45) is 9.24. The average molecular weight is 526 g/mol. The van der Waals surface area contributed by atoms with Gasteiger partial charge < -0.3 is 21.1 Å². The standard InChI is InChI=1S/C27H36FN7O3/c1-6-7-9-22(17(2)12-23(36)38-27(3,4)5)33-26-21(28)14-20(24(29)37)25(34-26)32-18-13-19(16-30-15-18)35-11-8-10-31-35/h8,10-11,13-17,22H,6-7,9,12H2,1-5H3,(H2,29,37)(H2,32,33,34)/t17-,22-/m1/s1. The second-order valence-electron chi connectivity index (χ2n) is 10.2. The Bertz CT molecular complexity index is 1240. The van der Waals surface area contributed by atoms with Crippen molar-refractivity contribution in [3.63, 3.8) is 0 Å². The van der Waals surface area contributed by atoms with Crippen molar-refractivity contribution < 1.29 is 18.7 Å². The van der Waals surface area contributed by atoms with Gasteiger partial charge in [0.15, 0.2) is 11.6 Å². The van der Waals surface area contributed by atoms with Crippen LogP contribution in [0, 0.1) is 11.7 Å². The van der Waals surface area contributed by atoms with E-state index in [1.54, 1.807) is 41.6 Å². The summed E-state index contributed by atoms with van der Waals surface area (Å²) >= 11 is 0. The number of pyridine rings is 2. The van der Waals surface area contributed by atoms with Gasteiger partial charge in [0, 0.05) is 18.4 Å². The number of hydrogen-bond acceptors (Lipinski definition) is 8. The molecule has 0 aliphatic heterocycles. The molecule has 0 radical (unpaired) electrons. The highest BCUT2D eigenvalue weighted by atomic mass is 19.1. The van der Waals surface area contributed by atoms with Gasteiger partial charge in [-0.25, -0.2) is 14.1 Å². The molecule has 10 nitrogen and oxygen atoms in total. The molecule has 0 bridgehead atoms. The minimum absolute atomic E-state index is 0.0502. The van der Waals surface area contributed by atoms with Crippen molar-refractivity contribution in [1.82, 2.24) is 19.7 Å². The van der Waals surface area contributed by atoms with Crippen LogP contribution in [-0.2, 0) is 9.53 Å². The topological polar surface area (TPSA) is 137 Å². The molecule has 2 atom stereocenters. The molecule has 0 saturated heterocycles. The largest absolute Gasteiger partial charge is 0.460 e. The normalized spacial score (nSPS) is 13.0. The van der Waals surface area contributed by atoms with Crippen molar-refractivity contribution in [2.24, 2.45) is 11.7 Å². The fourth-order valence-corrected chi connectivity index (χ4v) is 3.94. The van der Waals surface area contributed by atoms with E-state index in [2.05, 4.69) is 32.6 Å². The van der Waals surface area contributed by atoms with Crippen LogP contribution in [0.3, 0.4) is 0 Å². The molecule has 0 unspecified atom stereocenters. The molecule has 0 aliphatic carbocycles. The van der Waals surface area contributed by atoms with Crippen molar-refractivity contribution in [2.75, 3.05) is 10.6 Å². The number of carbonyl (C=O) groups excluding carboxylic acids is 2. The van der Waals surface area contributed by atoms with E-state index < -0.39 is 17.3 Å². The predicted octanol–water partition coefficient (Wildman–Crippen LogP) is 4.98. The number of hydrogen-bond donors (Lipinski definition) is 3. The summed E-state index contributed by atoms with van der Waals surface area (Å²) in [7, 11) is 0. The van der Waals surface area contributed by atoms with Crippen molar-refractivity contribution in [2.45, 2.75) is 71.9 Å². The molecule has 3 aromatic rings. The lowest BCUT2D eigenvalue weighted by molar-refractivity contribution is -0.155. The van der Waals surface area contributed by atoms with Crippen LogP contribution in [0.5, 0.6) is 0 Å². The number of unbranched alkanes of at least 4 members (excludes halogenated alkanes) is 1. The summed E-state index contributed by atoms with van der Waals surface area (Å²) in [5.74, 6) is -2.01. The minimum atomic E-state index is -0.831. The molecule has 3 rings (SSSR count). The molecule has 0 saturated carbocycles. The molecule has 204 valence electrons. The molecular weight excluding hydrogens is 489 g/mol. The lowest BCUT2D eigenvalue weighted by Gasteiger charge is -2.27. The van der Waals surface area contributed by atoms with Crippen LogP contribution in [0.1, 0.15) is 70.7 Å². The Morgan fingerprint density at radius 1 is 1.21 bits per heavy atom. The predicted molar refractivity (Wildman–Crippen MR) is 144 cm³/mol. The highest BCUT2D eigenvalue weighted by Gasteiger charge is 2.26. The van der Waals surface area contributed by atoms with Gasteiger partial charge in [-0.15, -0.1) is 0 Å². The zero-order valence-corrected chi connectivity index (χ0v) is 22.5.